The van der Waals surface area contributed by atoms with Crippen molar-refractivity contribution in [3.05, 3.63) is 65.7 Å². The van der Waals surface area contributed by atoms with Crippen LogP contribution < -0.4 is 4.74 Å². The maximum Gasteiger partial charge on any atom is 0.431 e. The Morgan fingerprint density at radius 3 is 2.56 bits per heavy atom. The summed E-state index contributed by atoms with van der Waals surface area (Å²) in [5.41, 5.74) is 0.696. The van der Waals surface area contributed by atoms with E-state index in [1.54, 1.807) is 6.07 Å². The first-order chi connectivity index (χ1) is 13.0. The molecular formula is C20H19F3N2O2. The number of pyridine rings is 1. The topological polar surface area (TPSA) is 35.8 Å². The summed E-state index contributed by atoms with van der Waals surface area (Å²) < 4.78 is 52.7. The Hall–Kier alpha value is -2.54. The number of aromatic nitrogens is 2. The molecule has 1 aliphatic rings. The molecule has 27 heavy (non-hydrogen) atoms. The van der Waals surface area contributed by atoms with Crippen molar-refractivity contribution < 1.29 is 22.6 Å². The van der Waals surface area contributed by atoms with Crippen LogP contribution in [0.1, 0.15) is 35.8 Å². The van der Waals surface area contributed by atoms with Gasteiger partial charge in [0.25, 0.3) is 0 Å². The van der Waals surface area contributed by atoms with E-state index in [0.717, 1.165) is 11.6 Å². The minimum atomic E-state index is -4.49. The van der Waals surface area contributed by atoms with Gasteiger partial charge in [0.2, 0.25) is 0 Å². The lowest BCUT2D eigenvalue weighted by atomic mass is 9.81. The minimum Gasteiger partial charge on any atom is -0.497 e. The standard InChI is InChI=1S/C20H19F3N2O2/c1-26-16-9-15-11-24-19(25(15)18(10-16)20(21,22)23)14-7-17(8-14)27-12-13-5-3-2-4-6-13/h2-6,9-11,14,17H,7-8,12H2,1H3. The van der Waals surface area contributed by atoms with Crippen LogP contribution in [0.5, 0.6) is 5.75 Å². The number of nitrogens with zero attached hydrogens (tertiary/aromatic N) is 2. The fourth-order valence-corrected chi connectivity index (χ4v) is 3.45. The van der Waals surface area contributed by atoms with Gasteiger partial charge >= 0.3 is 6.18 Å². The molecule has 0 saturated heterocycles. The predicted molar refractivity (Wildman–Crippen MR) is 93.7 cm³/mol. The summed E-state index contributed by atoms with van der Waals surface area (Å²) in [5, 5.41) is 0. The van der Waals surface area contributed by atoms with E-state index in [2.05, 4.69) is 4.98 Å². The van der Waals surface area contributed by atoms with E-state index in [1.807, 2.05) is 30.3 Å². The van der Waals surface area contributed by atoms with Gasteiger partial charge < -0.3 is 9.47 Å². The first-order valence-corrected chi connectivity index (χ1v) is 8.74. The van der Waals surface area contributed by atoms with Gasteiger partial charge in [-0.15, -0.1) is 0 Å². The SMILES string of the molecule is COc1cc(C(F)(F)F)n2c(C3CC(OCc4ccccc4)C3)ncc2c1. The molecule has 0 bridgehead atoms. The largest absolute Gasteiger partial charge is 0.497 e. The van der Waals surface area contributed by atoms with E-state index in [9.17, 15) is 13.2 Å². The minimum absolute atomic E-state index is 0.0372. The van der Waals surface area contributed by atoms with Crippen LogP contribution in [0.15, 0.2) is 48.7 Å². The van der Waals surface area contributed by atoms with E-state index >= 15 is 0 Å². The third-order valence-corrected chi connectivity index (χ3v) is 4.94. The molecule has 142 valence electrons. The van der Waals surface area contributed by atoms with Crippen molar-refractivity contribution in [2.45, 2.75) is 37.6 Å². The Balaban J connectivity index is 1.52. The maximum absolute atomic E-state index is 13.5. The summed E-state index contributed by atoms with van der Waals surface area (Å²) in [6.45, 7) is 0.506. The zero-order valence-electron chi connectivity index (χ0n) is 14.7. The molecule has 0 spiro atoms. The highest BCUT2D eigenvalue weighted by Crippen LogP contribution is 2.41. The molecule has 1 fully saturated rings. The van der Waals surface area contributed by atoms with Crippen LogP contribution in [-0.2, 0) is 17.5 Å². The van der Waals surface area contributed by atoms with Crippen molar-refractivity contribution in [1.29, 1.82) is 0 Å². The van der Waals surface area contributed by atoms with E-state index in [4.69, 9.17) is 9.47 Å². The summed E-state index contributed by atoms with van der Waals surface area (Å²) in [7, 11) is 1.35. The number of methoxy groups -OCH3 is 1. The normalized spacial score (nSPS) is 19.9. The average molecular weight is 376 g/mol. The fraction of sp³-hybridized carbons (Fsp3) is 0.350. The van der Waals surface area contributed by atoms with Crippen LogP contribution in [0, 0.1) is 0 Å². The molecule has 1 aliphatic carbocycles. The number of ether oxygens (including phenoxy) is 2. The van der Waals surface area contributed by atoms with Crippen molar-refractivity contribution in [1.82, 2.24) is 9.38 Å². The zero-order valence-corrected chi connectivity index (χ0v) is 14.7. The van der Waals surface area contributed by atoms with Gasteiger partial charge in [-0.2, -0.15) is 13.2 Å². The predicted octanol–water partition coefficient (Wildman–Crippen LogP) is 4.82. The molecule has 0 amide bonds. The number of hydrogen-bond acceptors (Lipinski definition) is 3. The lowest BCUT2D eigenvalue weighted by molar-refractivity contribution is -0.142. The van der Waals surface area contributed by atoms with E-state index in [-0.39, 0.29) is 17.8 Å². The Labute approximate surface area is 154 Å². The number of rotatable bonds is 5. The number of alkyl halides is 3. The molecule has 4 rings (SSSR count). The van der Waals surface area contributed by atoms with Gasteiger partial charge in [0.15, 0.2) is 0 Å². The second-order valence-electron chi connectivity index (χ2n) is 6.74. The molecule has 1 aromatic carbocycles. The molecule has 0 atom stereocenters. The number of benzene rings is 1. The van der Waals surface area contributed by atoms with Crippen molar-refractivity contribution >= 4 is 5.52 Å². The van der Waals surface area contributed by atoms with Gasteiger partial charge in [-0.3, -0.25) is 4.40 Å². The molecular weight excluding hydrogens is 357 g/mol. The quantitative estimate of drug-likeness (QED) is 0.640. The summed E-state index contributed by atoms with van der Waals surface area (Å²) in [6.07, 6.45) is -1.67. The van der Waals surface area contributed by atoms with Crippen molar-refractivity contribution in [2.24, 2.45) is 0 Å². The van der Waals surface area contributed by atoms with Crippen molar-refractivity contribution in [3.8, 4) is 5.75 Å². The van der Waals surface area contributed by atoms with E-state index in [1.165, 1.54) is 17.7 Å². The molecule has 7 heteroatoms. The van der Waals surface area contributed by atoms with Crippen LogP contribution in [0.2, 0.25) is 0 Å². The van der Waals surface area contributed by atoms with E-state index < -0.39 is 11.9 Å². The number of halogens is 3. The average Bonchev–Trinajstić information content (AvgIpc) is 3.03. The first-order valence-electron chi connectivity index (χ1n) is 8.74. The summed E-state index contributed by atoms with van der Waals surface area (Å²) in [6, 6.07) is 12.4. The smallest absolute Gasteiger partial charge is 0.431 e. The van der Waals surface area contributed by atoms with Gasteiger partial charge in [0, 0.05) is 18.1 Å². The molecule has 2 heterocycles. The van der Waals surface area contributed by atoms with Gasteiger partial charge in [-0.05, 0) is 18.4 Å². The van der Waals surface area contributed by atoms with Crippen LogP contribution in [0.4, 0.5) is 13.2 Å². The lowest BCUT2D eigenvalue weighted by Gasteiger charge is -2.34. The molecule has 0 radical (unpaired) electrons. The molecule has 1 saturated carbocycles. The highest BCUT2D eigenvalue weighted by atomic mass is 19.4. The van der Waals surface area contributed by atoms with Crippen molar-refractivity contribution in [2.75, 3.05) is 7.11 Å². The molecule has 0 unspecified atom stereocenters. The van der Waals surface area contributed by atoms with Crippen LogP contribution >= 0.6 is 0 Å². The van der Waals surface area contributed by atoms with Crippen LogP contribution in [-0.4, -0.2) is 22.6 Å². The molecule has 0 aliphatic heterocycles. The highest BCUT2D eigenvalue weighted by molar-refractivity contribution is 5.53. The summed E-state index contributed by atoms with van der Waals surface area (Å²) >= 11 is 0. The zero-order chi connectivity index (χ0) is 19.0. The Morgan fingerprint density at radius 2 is 1.89 bits per heavy atom. The maximum atomic E-state index is 13.5. The third kappa shape index (κ3) is 3.51. The molecule has 4 nitrogen and oxygen atoms in total. The summed E-state index contributed by atoms with van der Waals surface area (Å²) in [4.78, 5) is 4.27. The number of hydrogen-bond donors (Lipinski definition) is 0. The second-order valence-corrected chi connectivity index (χ2v) is 6.74. The lowest BCUT2D eigenvalue weighted by Crippen LogP contribution is -2.31. The number of imidazole rings is 1. The van der Waals surface area contributed by atoms with Crippen LogP contribution in [0.3, 0.4) is 0 Å². The third-order valence-electron chi connectivity index (χ3n) is 4.94. The van der Waals surface area contributed by atoms with E-state index in [0.29, 0.717) is 30.8 Å². The molecule has 0 N–H and O–H groups in total. The monoisotopic (exact) mass is 376 g/mol. The van der Waals surface area contributed by atoms with Crippen LogP contribution in [0.25, 0.3) is 5.52 Å². The molecule has 2 aromatic heterocycles. The Bertz CT molecular complexity index is 932. The molecule has 3 aromatic rings. The highest BCUT2D eigenvalue weighted by Gasteiger charge is 2.39. The van der Waals surface area contributed by atoms with Crippen molar-refractivity contribution in [3.63, 3.8) is 0 Å². The van der Waals surface area contributed by atoms with Gasteiger partial charge in [-0.25, -0.2) is 4.98 Å². The number of fused-ring (bicyclic) bond motifs is 1. The van der Waals surface area contributed by atoms with Gasteiger partial charge in [0.1, 0.15) is 17.3 Å². The summed E-state index contributed by atoms with van der Waals surface area (Å²) in [5.74, 6) is 0.543. The second kappa shape index (κ2) is 6.88. The van der Waals surface area contributed by atoms with Gasteiger partial charge in [0.05, 0.1) is 31.5 Å². The fourth-order valence-electron chi connectivity index (χ4n) is 3.45. The first kappa shape index (κ1) is 17.9. The Morgan fingerprint density at radius 1 is 1.15 bits per heavy atom. The Kier molecular flexibility index (Phi) is 4.55. The van der Waals surface area contributed by atoms with Gasteiger partial charge in [-0.1, -0.05) is 30.3 Å².